The lowest BCUT2D eigenvalue weighted by Gasteiger charge is -2.38. The topological polar surface area (TPSA) is 46.1 Å². The maximum atomic E-state index is 4.94. The van der Waals surface area contributed by atoms with Crippen LogP contribution in [0.4, 0.5) is 0 Å². The highest BCUT2D eigenvalue weighted by atomic mass is 127. The molecule has 2 aliphatic rings. The summed E-state index contributed by atoms with van der Waals surface area (Å²) in [6.07, 6.45) is 2.32. The average molecular weight is 543 g/mol. The summed E-state index contributed by atoms with van der Waals surface area (Å²) in [6, 6.07) is 12.4. The van der Waals surface area contributed by atoms with Crippen LogP contribution in [-0.2, 0) is 6.54 Å². The number of piperazine rings is 1. The van der Waals surface area contributed by atoms with Gasteiger partial charge in [-0.3, -0.25) is 14.8 Å². The largest absolute Gasteiger partial charge is 0.357 e. The number of nitrogens with zero attached hydrogens (tertiary/aromatic N) is 4. The predicted octanol–water partition coefficient (Wildman–Crippen LogP) is 2.85. The van der Waals surface area contributed by atoms with Crippen LogP contribution in [0.5, 0.6) is 0 Å². The van der Waals surface area contributed by atoms with Crippen LogP contribution in [0.25, 0.3) is 0 Å². The number of hydrogen-bond donors (Lipinski definition) is 2. The van der Waals surface area contributed by atoms with Crippen LogP contribution in [-0.4, -0.2) is 91.6 Å². The van der Waals surface area contributed by atoms with E-state index in [1.807, 2.05) is 0 Å². The van der Waals surface area contributed by atoms with E-state index < -0.39 is 0 Å². The van der Waals surface area contributed by atoms with E-state index in [9.17, 15) is 0 Å². The summed E-state index contributed by atoms with van der Waals surface area (Å²) < 4.78 is 0. The van der Waals surface area contributed by atoms with Crippen molar-refractivity contribution in [3.63, 3.8) is 0 Å². The van der Waals surface area contributed by atoms with E-state index in [1.165, 1.54) is 5.56 Å². The molecule has 3 rings (SSSR count). The van der Waals surface area contributed by atoms with Gasteiger partial charge in [-0.25, -0.2) is 0 Å². The Morgan fingerprint density at radius 1 is 1.13 bits per heavy atom. The molecule has 1 aromatic carbocycles. The summed E-state index contributed by atoms with van der Waals surface area (Å²) in [7, 11) is 2.21. The monoisotopic (exact) mass is 542 g/mol. The highest BCUT2D eigenvalue weighted by molar-refractivity contribution is 14.0. The average Bonchev–Trinajstić information content (AvgIpc) is 2.75. The first-order chi connectivity index (χ1) is 14.5. The van der Waals surface area contributed by atoms with Crippen molar-refractivity contribution < 1.29 is 0 Å². The number of guanidine groups is 1. The van der Waals surface area contributed by atoms with E-state index in [0.29, 0.717) is 18.1 Å². The minimum Gasteiger partial charge on any atom is -0.357 e. The van der Waals surface area contributed by atoms with E-state index in [-0.39, 0.29) is 24.0 Å². The van der Waals surface area contributed by atoms with Gasteiger partial charge < -0.3 is 15.5 Å². The van der Waals surface area contributed by atoms with E-state index in [1.54, 1.807) is 0 Å². The van der Waals surface area contributed by atoms with E-state index >= 15 is 0 Å². The van der Waals surface area contributed by atoms with E-state index in [2.05, 4.69) is 83.5 Å². The Balaban J connectivity index is 0.00000341. The number of rotatable bonds is 7. The van der Waals surface area contributed by atoms with Gasteiger partial charge in [-0.15, -0.1) is 24.0 Å². The van der Waals surface area contributed by atoms with Gasteiger partial charge in [-0.1, -0.05) is 30.3 Å². The van der Waals surface area contributed by atoms with Gasteiger partial charge in [0.25, 0.3) is 0 Å². The van der Waals surface area contributed by atoms with Crippen molar-refractivity contribution in [3.8, 4) is 0 Å². The Bertz CT molecular complexity index is 647. The van der Waals surface area contributed by atoms with Crippen LogP contribution < -0.4 is 10.6 Å². The molecule has 1 aromatic rings. The van der Waals surface area contributed by atoms with E-state index in [4.69, 9.17) is 4.99 Å². The van der Waals surface area contributed by atoms with Gasteiger partial charge in [-0.2, -0.15) is 0 Å². The summed E-state index contributed by atoms with van der Waals surface area (Å²) >= 11 is 0. The number of benzene rings is 1. The molecule has 2 heterocycles. The maximum absolute atomic E-state index is 4.94. The molecule has 0 amide bonds. The second-order valence-electron chi connectivity index (χ2n) is 9.08. The molecule has 3 unspecified atom stereocenters. The Morgan fingerprint density at radius 3 is 2.48 bits per heavy atom. The second-order valence-corrected chi connectivity index (χ2v) is 9.08. The molecule has 2 saturated heterocycles. The molecule has 2 fully saturated rings. The first-order valence-corrected chi connectivity index (χ1v) is 11.8. The summed E-state index contributed by atoms with van der Waals surface area (Å²) in [5.74, 6) is 0.979. The van der Waals surface area contributed by atoms with Crippen molar-refractivity contribution in [2.75, 3.05) is 52.9 Å². The molecule has 0 bridgehead atoms. The van der Waals surface area contributed by atoms with Gasteiger partial charge >= 0.3 is 0 Å². The molecule has 0 aromatic heterocycles. The predicted molar refractivity (Wildman–Crippen MR) is 142 cm³/mol. The maximum Gasteiger partial charge on any atom is 0.191 e. The third kappa shape index (κ3) is 8.51. The van der Waals surface area contributed by atoms with Gasteiger partial charge in [0.05, 0.1) is 6.54 Å². The Hall–Kier alpha value is -0.900. The minimum atomic E-state index is 0. The molecule has 0 saturated carbocycles. The quantitative estimate of drug-likeness (QED) is 0.315. The molecule has 2 aliphatic heterocycles. The number of likely N-dealkylation sites (N-methyl/N-ethyl adjacent to an activating group) is 1. The van der Waals surface area contributed by atoms with Crippen LogP contribution in [0.3, 0.4) is 0 Å². The molecular formula is C24H43IN6. The Morgan fingerprint density at radius 2 is 1.84 bits per heavy atom. The number of nitrogens with one attached hydrogen (secondary N) is 2. The number of likely N-dealkylation sites (tertiary alicyclic amines) is 1. The number of hydrogen-bond acceptors (Lipinski definition) is 4. The molecule has 176 valence electrons. The Labute approximate surface area is 206 Å². The molecule has 7 heteroatoms. The molecule has 0 radical (unpaired) electrons. The lowest BCUT2D eigenvalue weighted by Crippen LogP contribution is -2.52. The van der Waals surface area contributed by atoms with Crippen molar-refractivity contribution in [1.82, 2.24) is 25.3 Å². The fourth-order valence-electron chi connectivity index (χ4n) is 4.52. The SMILES string of the molecule is CCNC(=NCC(C)N1CCN(C)CC1)NC1CCN(Cc2ccccc2)C(C)C1.I. The van der Waals surface area contributed by atoms with Crippen molar-refractivity contribution in [3.05, 3.63) is 35.9 Å². The van der Waals surface area contributed by atoms with Crippen molar-refractivity contribution in [2.45, 2.75) is 58.3 Å². The normalized spacial score (nSPS) is 25.0. The lowest BCUT2D eigenvalue weighted by molar-refractivity contribution is 0.122. The number of aliphatic imine (C=N–C) groups is 1. The molecule has 0 spiro atoms. The zero-order valence-electron chi connectivity index (χ0n) is 19.9. The number of halogens is 1. The third-order valence-electron chi connectivity index (χ3n) is 6.60. The second kappa shape index (κ2) is 13.6. The third-order valence-corrected chi connectivity index (χ3v) is 6.60. The minimum absolute atomic E-state index is 0. The molecule has 0 aliphatic carbocycles. The first kappa shape index (κ1) is 26.4. The molecule has 6 nitrogen and oxygen atoms in total. The summed E-state index contributed by atoms with van der Waals surface area (Å²) in [5.41, 5.74) is 1.41. The van der Waals surface area contributed by atoms with Gasteiger partial charge in [0, 0.05) is 63.9 Å². The summed E-state index contributed by atoms with van der Waals surface area (Å²) in [4.78, 5) is 12.5. The number of piperidine rings is 1. The Kier molecular flexibility index (Phi) is 11.6. The smallest absolute Gasteiger partial charge is 0.191 e. The van der Waals surface area contributed by atoms with Gasteiger partial charge in [-0.05, 0) is 46.2 Å². The fourth-order valence-corrected chi connectivity index (χ4v) is 4.52. The first-order valence-electron chi connectivity index (χ1n) is 11.8. The molecule has 3 atom stereocenters. The highest BCUT2D eigenvalue weighted by Gasteiger charge is 2.26. The molecular weight excluding hydrogens is 499 g/mol. The van der Waals surface area contributed by atoms with Gasteiger partial charge in [0.15, 0.2) is 5.96 Å². The molecule has 31 heavy (non-hydrogen) atoms. The van der Waals surface area contributed by atoms with Gasteiger partial charge in [0.2, 0.25) is 0 Å². The van der Waals surface area contributed by atoms with E-state index in [0.717, 1.165) is 71.2 Å². The standard InChI is InChI=1S/C24H42N6.HI/c1-5-25-24(26-18-21(3)29-15-13-28(4)14-16-29)27-23-11-12-30(20(2)17-23)19-22-9-7-6-8-10-22;/h6-10,20-21,23H,5,11-19H2,1-4H3,(H2,25,26,27);1H. The van der Waals surface area contributed by atoms with Crippen LogP contribution in [0, 0.1) is 0 Å². The summed E-state index contributed by atoms with van der Waals surface area (Å²) in [5, 5.41) is 7.18. The lowest BCUT2D eigenvalue weighted by atomic mass is 9.97. The molecule has 2 N–H and O–H groups in total. The van der Waals surface area contributed by atoms with Crippen molar-refractivity contribution in [1.29, 1.82) is 0 Å². The van der Waals surface area contributed by atoms with Crippen molar-refractivity contribution >= 4 is 29.9 Å². The highest BCUT2D eigenvalue weighted by Crippen LogP contribution is 2.20. The van der Waals surface area contributed by atoms with Crippen LogP contribution in [0.15, 0.2) is 35.3 Å². The van der Waals surface area contributed by atoms with Crippen molar-refractivity contribution in [2.24, 2.45) is 4.99 Å². The van der Waals surface area contributed by atoms with Crippen LogP contribution in [0.1, 0.15) is 39.2 Å². The zero-order valence-corrected chi connectivity index (χ0v) is 22.2. The zero-order chi connectivity index (χ0) is 21.3. The van der Waals surface area contributed by atoms with Crippen LogP contribution >= 0.6 is 24.0 Å². The fraction of sp³-hybridized carbons (Fsp3) is 0.708. The summed E-state index contributed by atoms with van der Waals surface area (Å²) in [6.45, 7) is 15.3. The van der Waals surface area contributed by atoms with Crippen LogP contribution in [0.2, 0.25) is 0 Å². The van der Waals surface area contributed by atoms with Gasteiger partial charge in [0.1, 0.15) is 0 Å².